The topological polar surface area (TPSA) is 140 Å². The number of carboxylic acids is 1. The second kappa shape index (κ2) is 10.2. The van der Waals surface area contributed by atoms with Crippen LogP contribution in [0.25, 0.3) is 21.9 Å². The first-order chi connectivity index (χ1) is 19.3. The number of primary amides is 1. The van der Waals surface area contributed by atoms with E-state index in [1.54, 1.807) is 18.2 Å². The highest BCUT2D eigenvalue weighted by Crippen LogP contribution is 2.40. The zero-order valence-electron chi connectivity index (χ0n) is 21.1. The van der Waals surface area contributed by atoms with Gasteiger partial charge in [-0.25, -0.2) is 13.2 Å². The van der Waals surface area contributed by atoms with E-state index in [0.29, 0.717) is 14.4 Å². The first kappa shape index (κ1) is 28.1. The van der Waals surface area contributed by atoms with Gasteiger partial charge in [0.1, 0.15) is 6.04 Å². The number of benzene rings is 3. The molecule has 0 saturated carbocycles. The summed E-state index contributed by atoms with van der Waals surface area (Å²) in [7, 11) is -4.80. The van der Waals surface area contributed by atoms with Crippen molar-refractivity contribution in [1.82, 2.24) is 8.87 Å². The molecule has 0 bridgehead atoms. The number of hydrogen-bond acceptors (Lipinski definition) is 5. The van der Waals surface area contributed by atoms with E-state index in [9.17, 15) is 41.1 Å². The minimum Gasteiger partial charge on any atom is -0.480 e. The predicted octanol–water partition coefficient (Wildman–Crippen LogP) is 3.39. The number of carbonyl (C=O) groups excluding carboxylic acids is 1. The molecule has 1 aliphatic heterocycles. The summed E-state index contributed by atoms with van der Waals surface area (Å²) in [5.74, 6) is -2.66. The van der Waals surface area contributed by atoms with Crippen molar-refractivity contribution in [3.05, 3.63) is 99.8 Å². The Morgan fingerprint density at radius 1 is 0.976 bits per heavy atom. The number of carboxylic acid groups (broad SMARTS) is 1. The molecule has 1 atom stereocenters. The number of aromatic nitrogens is 1. The van der Waals surface area contributed by atoms with Gasteiger partial charge in [-0.2, -0.15) is 17.5 Å². The second-order valence-electron chi connectivity index (χ2n) is 9.57. The van der Waals surface area contributed by atoms with Gasteiger partial charge in [-0.15, -0.1) is 0 Å². The molecule has 0 aliphatic carbocycles. The molecule has 1 unspecified atom stereocenters. The Labute approximate surface area is 231 Å². The van der Waals surface area contributed by atoms with Crippen LogP contribution in [0.5, 0.6) is 0 Å². The maximum absolute atomic E-state index is 13.9. The lowest BCUT2D eigenvalue weighted by Gasteiger charge is -2.34. The van der Waals surface area contributed by atoms with Crippen LogP contribution >= 0.6 is 0 Å². The molecule has 212 valence electrons. The van der Waals surface area contributed by atoms with Crippen molar-refractivity contribution in [2.45, 2.75) is 23.7 Å². The van der Waals surface area contributed by atoms with E-state index in [1.807, 2.05) is 24.3 Å². The average molecular weight is 586 g/mol. The quantitative estimate of drug-likeness (QED) is 0.356. The number of halogens is 3. The molecule has 1 amide bonds. The number of rotatable bonds is 6. The first-order valence-electron chi connectivity index (χ1n) is 12.2. The Kier molecular flexibility index (Phi) is 6.95. The number of alkyl halides is 3. The summed E-state index contributed by atoms with van der Waals surface area (Å²) in [6, 6.07) is 15.8. The van der Waals surface area contributed by atoms with E-state index in [4.69, 9.17) is 5.73 Å². The first-order valence-corrected chi connectivity index (χ1v) is 13.7. The van der Waals surface area contributed by atoms with Gasteiger partial charge in [-0.05, 0) is 46.0 Å². The normalized spacial score (nSPS) is 16.8. The number of fused-ring (bicyclic) bond motifs is 2. The molecule has 41 heavy (non-hydrogen) atoms. The summed E-state index contributed by atoms with van der Waals surface area (Å²) in [5, 5.41) is 10.7. The molecule has 0 saturated heterocycles. The molecule has 3 aromatic carbocycles. The van der Waals surface area contributed by atoms with E-state index in [1.165, 1.54) is 6.07 Å². The lowest BCUT2D eigenvalue weighted by atomic mass is 9.93. The molecule has 0 spiro atoms. The average Bonchev–Trinajstić information content (AvgIpc) is 2.90. The molecule has 1 aromatic heterocycles. The van der Waals surface area contributed by atoms with Crippen molar-refractivity contribution in [2.75, 3.05) is 13.1 Å². The van der Waals surface area contributed by atoms with Crippen LogP contribution in [0, 0.1) is 0 Å². The van der Waals surface area contributed by atoms with Crippen molar-refractivity contribution in [3.8, 4) is 11.1 Å². The summed E-state index contributed by atoms with van der Waals surface area (Å²) in [6.45, 7) is -1.67. The largest absolute Gasteiger partial charge is 0.480 e. The van der Waals surface area contributed by atoms with Gasteiger partial charge < -0.3 is 10.8 Å². The third-order valence-electron chi connectivity index (χ3n) is 6.92. The van der Waals surface area contributed by atoms with Gasteiger partial charge in [0.2, 0.25) is 5.91 Å². The van der Waals surface area contributed by atoms with E-state index in [2.05, 4.69) is 0 Å². The minimum absolute atomic E-state index is 0.0607. The SMILES string of the molecule is NC(=O)CN1CC(C(=O)O)n2c(c(-c3cccc(C(F)(F)F)c3)c(Cc3cccc4ccccc34)cc2=O)S1(=O)=O. The molecule has 13 heteroatoms. The number of pyridine rings is 1. The van der Waals surface area contributed by atoms with Crippen LogP contribution in [0.4, 0.5) is 13.2 Å². The van der Waals surface area contributed by atoms with Gasteiger partial charge in [-0.1, -0.05) is 54.6 Å². The van der Waals surface area contributed by atoms with E-state index in [-0.39, 0.29) is 23.1 Å². The molecular formula is C28H22F3N3O6S. The van der Waals surface area contributed by atoms with Crippen LogP contribution in [0.2, 0.25) is 0 Å². The molecule has 9 nitrogen and oxygen atoms in total. The van der Waals surface area contributed by atoms with Gasteiger partial charge in [-0.3, -0.25) is 14.2 Å². The maximum atomic E-state index is 13.9. The van der Waals surface area contributed by atoms with Crippen LogP contribution in [0.3, 0.4) is 0 Å². The zero-order valence-corrected chi connectivity index (χ0v) is 21.9. The highest BCUT2D eigenvalue weighted by atomic mass is 32.2. The maximum Gasteiger partial charge on any atom is 0.416 e. The van der Waals surface area contributed by atoms with E-state index < -0.39 is 63.4 Å². The Bertz CT molecular complexity index is 1880. The molecule has 0 radical (unpaired) electrons. The number of sulfonamides is 1. The lowest BCUT2D eigenvalue weighted by Crippen LogP contribution is -2.51. The summed E-state index contributed by atoms with van der Waals surface area (Å²) in [4.78, 5) is 37.4. The van der Waals surface area contributed by atoms with Crippen LogP contribution in [-0.2, 0) is 32.2 Å². The van der Waals surface area contributed by atoms with Gasteiger partial charge in [0.05, 0.1) is 12.1 Å². The molecule has 5 rings (SSSR count). The minimum atomic E-state index is -4.80. The number of aliphatic carboxylic acids is 1. The van der Waals surface area contributed by atoms with E-state index >= 15 is 0 Å². The van der Waals surface area contributed by atoms with Crippen molar-refractivity contribution in [1.29, 1.82) is 0 Å². The Balaban J connectivity index is 1.88. The summed E-state index contributed by atoms with van der Waals surface area (Å²) in [5.41, 5.74) is 3.42. The van der Waals surface area contributed by atoms with Crippen molar-refractivity contribution < 1.29 is 36.3 Å². The fourth-order valence-electron chi connectivity index (χ4n) is 5.15. The summed E-state index contributed by atoms with van der Waals surface area (Å²) >= 11 is 0. The fourth-order valence-corrected chi connectivity index (χ4v) is 7.01. The fraction of sp³-hybridized carbons (Fsp3) is 0.179. The number of nitrogens with zero attached hydrogens (tertiary/aromatic N) is 2. The van der Waals surface area contributed by atoms with Gasteiger partial charge in [0, 0.05) is 18.2 Å². The summed E-state index contributed by atoms with van der Waals surface area (Å²) in [6.07, 6.45) is -4.85. The zero-order chi connectivity index (χ0) is 29.7. The smallest absolute Gasteiger partial charge is 0.416 e. The van der Waals surface area contributed by atoms with Gasteiger partial charge in [0.15, 0.2) is 5.03 Å². The van der Waals surface area contributed by atoms with Crippen LogP contribution in [-0.4, -0.2) is 47.4 Å². The molecule has 0 fully saturated rings. The molecule has 1 aliphatic rings. The Hall–Kier alpha value is -4.49. The summed E-state index contributed by atoms with van der Waals surface area (Å²) < 4.78 is 70.0. The highest BCUT2D eigenvalue weighted by molar-refractivity contribution is 7.89. The van der Waals surface area contributed by atoms with Gasteiger partial charge >= 0.3 is 12.1 Å². The van der Waals surface area contributed by atoms with Crippen LogP contribution in [0.1, 0.15) is 22.7 Å². The van der Waals surface area contributed by atoms with Crippen molar-refractivity contribution in [2.24, 2.45) is 5.73 Å². The monoisotopic (exact) mass is 585 g/mol. The van der Waals surface area contributed by atoms with Crippen LogP contribution < -0.4 is 11.3 Å². The van der Waals surface area contributed by atoms with Crippen LogP contribution in [0.15, 0.2) is 82.6 Å². The second-order valence-corrected chi connectivity index (χ2v) is 11.4. The third kappa shape index (κ3) is 5.09. The third-order valence-corrected chi connectivity index (χ3v) is 8.77. The molecular weight excluding hydrogens is 563 g/mol. The number of amides is 1. The van der Waals surface area contributed by atoms with Crippen molar-refractivity contribution >= 4 is 32.7 Å². The molecule has 4 aromatic rings. The predicted molar refractivity (Wildman–Crippen MR) is 143 cm³/mol. The lowest BCUT2D eigenvalue weighted by molar-refractivity contribution is -0.142. The van der Waals surface area contributed by atoms with Gasteiger partial charge in [0.25, 0.3) is 15.6 Å². The Morgan fingerprint density at radius 2 is 1.66 bits per heavy atom. The number of hydrogen-bond donors (Lipinski definition) is 2. The highest BCUT2D eigenvalue weighted by Gasteiger charge is 2.44. The van der Waals surface area contributed by atoms with E-state index in [0.717, 1.165) is 35.0 Å². The van der Waals surface area contributed by atoms with Crippen molar-refractivity contribution in [3.63, 3.8) is 0 Å². The molecule has 3 N–H and O–H groups in total. The standard InChI is InChI=1S/C28H22F3N3O6S/c29-28(30,31)20-9-4-8-18(12-20)25-19(11-17-7-3-6-16-5-1-2-10-21(16)17)13-24(36)34-22(27(37)38)14-33(15-23(32)35)41(39,40)26(25)34/h1-10,12-13,22H,11,14-15H2,(H2,32,35)(H,37,38). The number of carbonyl (C=O) groups is 2. The number of nitrogens with two attached hydrogens (primary N) is 1. The molecule has 2 heterocycles. The Morgan fingerprint density at radius 3 is 2.34 bits per heavy atom.